The van der Waals surface area contributed by atoms with Gasteiger partial charge in [-0.15, -0.1) is 0 Å². The van der Waals surface area contributed by atoms with Crippen molar-refractivity contribution in [2.24, 2.45) is 5.92 Å². The van der Waals surface area contributed by atoms with Gasteiger partial charge in [-0.2, -0.15) is 5.26 Å². The van der Waals surface area contributed by atoms with Gasteiger partial charge in [-0.25, -0.2) is 0 Å². The average molecular weight is 263 g/mol. The van der Waals surface area contributed by atoms with Crippen LogP contribution in [0.3, 0.4) is 0 Å². The molecule has 0 spiro atoms. The van der Waals surface area contributed by atoms with E-state index in [4.69, 9.17) is 9.47 Å². The number of hydrogen-bond donors (Lipinski definition) is 1. The van der Waals surface area contributed by atoms with Crippen LogP contribution in [0.2, 0.25) is 0 Å². The molecule has 2 atom stereocenters. The molecule has 4 heteroatoms. The number of ether oxygens (including phenoxy) is 2. The number of rotatable bonds is 6. The third-order valence-corrected chi connectivity index (χ3v) is 3.01. The van der Waals surface area contributed by atoms with Gasteiger partial charge >= 0.3 is 0 Å². The maximum Gasteiger partial charge on any atom is 0.161 e. The quantitative estimate of drug-likeness (QED) is 0.857. The van der Waals surface area contributed by atoms with Crippen molar-refractivity contribution in [2.75, 3.05) is 13.7 Å². The van der Waals surface area contributed by atoms with Crippen molar-refractivity contribution in [3.8, 4) is 17.6 Å². The molecule has 0 heterocycles. The summed E-state index contributed by atoms with van der Waals surface area (Å²) in [6.45, 7) is 6.19. The summed E-state index contributed by atoms with van der Waals surface area (Å²) < 4.78 is 10.7. The van der Waals surface area contributed by atoms with Crippen LogP contribution in [0.15, 0.2) is 18.2 Å². The molecular weight excluding hydrogens is 242 g/mol. The fraction of sp³-hybridized carbons (Fsp3) is 0.533. The number of aliphatic hydroxyl groups is 1. The molecule has 1 aromatic carbocycles. The van der Waals surface area contributed by atoms with E-state index in [1.165, 1.54) is 0 Å². The topological polar surface area (TPSA) is 62.5 Å². The lowest BCUT2D eigenvalue weighted by atomic mass is 9.88. The van der Waals surface area contributed by atoms with Gasteiger partial charge in [0.1, 0.15) is 0 Å². The molecule has 0 fully saturated rings. The Morgan fingerprint density at radius 1 is 1.32 bits per heavy atom. The average Bonchev–Trinajstić information content (AvgIpc) is 2.40. The second-order valence-corrected chi connectivity index (χ2v) is 4.68. The molecule has 0 amide bonds. The second-order valence-electron chi connectivity index (χ2n) is 4.68. The van der Waals surface area contributed by atoms with Crippen molar-refractivity contribution in [3.05, 3.63) is 23.8 Å². The van der Waals surface area contributed by atoms with E-state index in [1.807, 2.05) is 20.8 Å². The Bertz CT molecular complexity index is 451. The highest BCUT2D eigenvalue weighted by Crippen LogP contribution is 2.33. The summed E-state index contributed by atoms with van der Waals surface area (Å²) in [5.41, 5.74) is 0.743. The Hall–Kier alpha value is -1.73. The van der Waals surface area contributed by atoms with Crippen LogP contribution in [0, 0.1) is 17.2 Å². The summed E-state index contributed by atoms with van der Waals surface area (Å²) in [5.74, 6) is 0.674. The van der Waals surface area contributed by atoms with Gasteiger partial charge in [0.2, 0.25) is 0 Å². The molecule has 0 saturated heterocycles. The minimum Gasteiger partial charge on any atom is -0.493 e. The molecule has 0 saturated carbocycles. The predicted molar refractivity (Wildman–Crippen MR) is 73.4 cm³/mol. The summed E-state index contributed by atoms with van der Waals surface area (Å²) in [6, 6.07) is 7.48. The normalized spacial score (nSPS) is 13.7. The van der Waals surface area contributed by atoms with E-state index >= 15 is 0 Å². The first-order valence-electron chi connectivity index (χ1n) is 6.43. The molecule has 0 aromatic heterocycles. The minimum absolute atomic E-state index is 0.0160. The standard InChI is InChI=1S/C15H21NO3/c1-5-19-14-8-11(6-7-13(14)18-4)12(9-16)15(17)10(2)3/h6-8,10,12,15,17H,5H2,1-4H3. The Balaban J connectivity index is 3.12. The number of nitrogens with zero attached hydrogens (tertiary/aromatic N) is 1. The third-order valence-electron chi connectivity index (χ3n) is 3.01. The van der Waals surface area contributed by atoms with Gasteiger partial charge in [-0.3, -0.25) is 0 Å². The molecule has 0 aliphatic rings. The van der Waals surface area contributed by atoms with Gasteiger partial charge in [0.05, 0.1) is 31.8 Å². The van der Waals surface area contributed by atoms with Crippen molar-refractivity contribution < 1.29 is 14.6 Å². The molecule has 4 nitrogen and oxygen atoms in total. The van der Waals surface area contributed by atoms with E-state index in [1.54, 1.807) is 25.3 Å². The van der Waals surface area contributed by atoms with Crippen LogP contribution < -0.4 is 9.47 Å². The Labute approximate surface area is 114 Å². The molecule has 1 N–H and O–H groups in total. The molecule has 0 aliphatic heterocycles. The van der Waals surface area contributed by atoms with Crippen molar-refractivity contribution in [3.63, 3.8) is 0 Å². The van der Waals surface area contributed by atoms with E-state index < -0.39 is 12.0 Å². The molecule has 19 heavy (non-hydrogen) atoms. The molecule has 1 rings (SSSR count). The fourth-order valence-electron chi connectivity index (χ4n) is 1.89. The zero-order chi connectivity index (χ0) is 14.4. The summed E-state index contributed by atoms with van der Waals surface area (Å²) in [4.78, 5) is 0. The van der Waals surface area contributed by atoms with Crippen LogP contribution in [0.1, 0.15) is 32.3 Å². The van der Waals surface area contributed by atoms with Gasteiger partial charge < -0.3 is 14.6 Å². The molecule has 0 aliphatic carbocycles. The van der Waals surface area contributed by atoms with Crippen LogP contribution in [-0.2, 0) is 0 Å². The Morgan fingerprint density at radius 3 is 2.47 bits per heavy atom. The van der Waals surface area contributed by atoms with Crippen LogP contribution >= 0.6 is 0 Å². The fourth-order valence-corrected chi connectivity index (χ4v) is 1.89. The highest BCUT2D eigenvalue weighted by atomic mass is 16.5. The number of hydrogen-bond acceptors (Lipinski definition) is 4. The third kappa shape index (κ3) is 3.62. The molecule has 1 aromatic rings. The SMILES string of the molecule is CCOc1cc(C(C#N)C(O)C(C)C)ccc1OC. The highest BCUT2D eigenvalue weighted by molar-refractivity contribution is 5.45. The lowest BCUT2D eigenvalue weighted by Gasteiger charge is -2.21. The summed E-state index contributed by atoms with van der Waals surface area (Å²) in [6.07, 6.45) is -0.701. The summed E-state index contributed by atoms with van der Waals surface area (Å²) >= 11 is 0. The maximum absolute atomic E-state index is 10.1. The van der Waals surface area contributed by atoms with Crippen LogP contribution in [0.4, 0.5) is 0 Å². The molecule has 0 bridgehead atoms. The zero-order valence-corrected chi connectivity index (χ0v) is 11.9. The number of aliphatic hydroxyl groups excluding tert-OH is 1. The molecule has 2 unspecified atom stereocenters. The van der Waals surface area contributed by atoms with Gasteiger partial charge in [0.25, 0.3) is 0 Å². The lowest BCUT2D eigenvalue weighted by molar-refractivity contribution is 0.113. The second kappa shape index (κ2) is 7.01. The largest absolute Gasteiger partial charge is 0.493 e. The van der Waals surface area contributed by atoms with E-state index in [0.29, 0.717) is 18.1 Å². The first-order valence-corrected chi connectivity index (χ1v) is 6.43. The van der Waals surface area contributed by atoms with Crippen LogP contribution in [-0.4, -0.2) is 24.9 Å². The van der Waals surface area contributed by atoms with E-state index in [2.05, 4.69) is 6.07 Å². The smallest absolute Gasteiger partial charge is 0.161 e. The van der Waals surface area contributed by atoms with Gasteiger partial charge in [0.15, 0.2) is 11.5 Å². The molecule has 0 radical (unpaired) electrons. The minimum atomic E-state index is -0.701. The summed E-state index contributed by atoms with van der Waals surface area (Å²) in [7, 11) is 1.57. The van der Waals surface area contributed by atoms with E-state index in [0.717, 1.165) is 5.56 Å². The van der Waals surface area contributed by atoms with Crippen molar-refractivity contribution in [1.29, 1.82) is 5.26 Å². The monoisotopic (exact) mass is 263 g/mol. The molecule has 104 valence electrons. The highest BCUT2D eigenvalue weighted by Gasteiger charge is 2.24. The first-order chi connectivity index (χ1) is 9.04. The number of nitriles is 1. The Morgan fingerprint density at radius 2 is 2.00 bits per heavy atom. The predicted octanol–water partition coefficient (Wildman–Crippen LogP) is 2.72. The molecular formula is C15H21NO3. The summed E-state index contributed by atoms with van der Waals surface area (Å²) in [5, 5.41) is 19.4. The first kappa shape index (κ1) is 15.3. The van der Waals surface area contributed by atoms with Crippen molar-refractivity contribution >= 4 is 0 Å². The Kier molecular flexibility index (Phi) is 5.65. The van der Waals surface area contributed by atoms with Gasteiger partial charge in [-0.1, -0.05) is 19.9 Å². The van der Waals surface area contributed by atoms with E-state index in [9.17, 15) is 10.4 Å². The van der Waals surface area contributed by atoms with Crippen LogP contribution in [0.25, 0.3) is 0 Å². The van der Waals surface area contributed by atoms with Gasteiger partial charge in [-0.05, 0) is 30.5 Å². The maximum atomic E-state index is 10.1. The lowest BCUT2D eigenvalue weighted by Crippen LogP contribution is -2.23. The zero-order valence-electron chi connectivity index (χ0n) is 11.9. The van der Waals surface area contributed by atoms with Crippen LogP contribution in [0.5, 0.6) is 11.5 Å². The van der Waals surface area contributed by atoms with E-state index in [-0.39, 0.29) is 5.92 Å². The van der Waals surface area contributed by atoms with Crippen molar-refractivity contribution in [2.45, 2.75) is 32.8 Å². The van der Waals surface area contributed by atoms with Crippen molar-refractivity contribution in [1.82, 2.24) is 0 Å². The number of benzene rings is 1. The van der Waals surface area contributed by atoms with Gasteiger partial charge in [0, 0.05) is 0 Å². The number of methoxy groups -OCH3 is 1.